The van der Waals surface area contributed by atoms with Crippen molar-refractivity contribution in [3.63, 3.8) is 0 Å². The fourth-order valence-corrected chi connectivity index (χ4v) is 3.25. The second kappa shape index (κ2) is 7.75. The highest BCUT2D eigenvalue weighted by Gasteiger charge is 2.19. The Kier molecular flexibility index (Phi) is 5.39. The van der Waals surface area contributed by atoms with E-state index in [4.69, 9.17) is 9.47 Å². The molecule has 1 atom stereocenters. The van der Waals surface area contributed by atoms with Gasteiger partial charge in [-0.2, -0.15) is 5.10 Å². The van der Waals surface area contributed by atoms with E-state index in [1.807, 2.05) is 13.0 Å². The van der Waals surface area contributed by atoms with Gasteiger partial charge in [-0.1, -0.05) is 0 Å². The molecule has 8 nitrogen and oxygen atoms in total. The van der Waals surface area contributed by atoms with Crippen molar-refractivity contribution in [1.29, 1.82) is 0 Å². The van der Waals surface area contributed by atoms with E-state index in [0.717, 1.165) is 16.6 Å². The van der Waals surface area contributed by atoms with E-state index >= 15 is 0 Å². The zero-order valence-corrected chi connectivity index (χ0v) is 16.6. The molecule has 28 heavy (non-hydrogen) atoms. The van der Waals surface area contributed by atoms with Crippen molar-refractivity contribution in [2.45, 2.75) is 26.4 Å². The summed E-state index contributed by atoms with van der Waals surface area (Å²) < 4.78 is 13.5. The van der Waals surface area contributed by atoms with E-state index in [9.17, 15) is 9.59 Å². The van der Waals surface area contributed by atoms with Gasteiger partial charge in [0.25, 0.3) is 5.56 Å². The van der Waals surface area contributed by atoms with Crippen LogP contribution in [0.3, 0.4) is 0 Å². The number of aryl methyl sites for hydroxylation is 2. The average molecular weight is 384 g/mol. The lowest BCUT2D eigenvalue weighted by Gasteiger charge is -2.16. The Hall–Kier alpha value is -3.29. The smallest absolute Gasteiger partial charge is 0.277 e. The number of methoxy groups -OCH3 is 2. The maximum atomic E-state index is 12.9. The average Bonchev–Trinajstić information content (AvgIpc) is 2.99. The quantitative estimate of drug-likeness (QED) is 0.702. The molecule has 3 aromatic rings. The van der Waals surface area contributed by atoms with Crippen molar-refractivity contribution in [2.75, 3.05) is 14.2 Å². The first-order chi connectivity index (χ1) is 13.4. The van der Waals surface area contributed by atoms with Gasteiger partial charge in [-0.15, -0.1) is 0 Å². The number of amides is 1. The molecule has 0 spiro atoms. The highest BCUT2D eigenvalue weighted by Crippen LogP contribution is 2.24. The molecule has 1 amide bonds. The molecule has 148 valence electrons. The fraction of sp³-hybridized carbons (Fsp3) is 0.350. The van der Waals surface area contributed by atoms with Gasteiger partial charge in [0.1, 0.15) is 23.1 Å². The number of hydrogen-bond donors (Lipinski definition) is 1. The number of aromatic nitrogens is 3. The first-order valence-corrected chi connectivity index (χ1v) is 8.90. The number of nitrogens with zero attached hydrogens (tertiary/aromatic N) is 3. The van der Waals surface area contributed by atoms with Gasteiger partial charge >= 0.3 is 0 Å². The van der Waals surface area contributed by atoms with Crippen molar-refractivity contribution in [3.05, 3.63) is 52.1 Å². The molecule has 1 unspecified atom stereocenters. The molecule has 0 saturated heterocycles. The van der Waals surface area contributed by atoms with Crippen LogP contribution in [0.25, 0.3) is 10.9 Å². The molecular weight excluding hydrogens is 360 g/mol. The Labute approximate surface area is 162 Å². The molecular formula is C20H24N4O4. The molecule has 0 radical (unpaired) electrons. The number of hydrogen-bond acceptors (Lipinski definition) is 5. The summed E-state index contributed by atoms with van der Waals surface area (Å²) in [5, 5.41) is 7.94. The highest BCUT2D eigenvalue weighted by atomic mass is 16.5. The summed E-state index contributed by atoms with van der Waals surface area (Å²) in [6.07, 6.45) is 1.63. The molecule has 2 aromatic heterocycles. The topological polar surface area (TPSA) is 87.4 Å². The molecule has 0 fully saturated rings. The lowest BCUT2D eigenvalue weighted by atomic mass is 10.1. The standard InChI is InChI=1S/C20H24N4O4/c1-12-16-8-9-24(20(26)18(16)23(3)22-12)13(2)19(25)21-11-14-10-15(27-4)6-7-17(14)28-5/h6-10,13H,11H2,1-5H3,(H,21,25). The maximum Gasteiger partial charge on any atom is 0.277 e. The number of carbonyl (C=O) groups is 1. The van der Waals surface area contributed by atoms with Gasteiger partial charge in [-0.25, -0.2) is 0 Å². The van der Waals surface area contributed by atoms with Crippen LogP contribution >= 0.6 is 0 Å². The maximum absolute atomic E-state index is 12.9. The molecule has 0 aliphatic rings. The van der Waals surface area contributed by atoms with Crippen LogP contribution < -0.4 is 20.3 Å². The zero-order chi connectivity index (χ0) is 20.4. The van der Waals surface area contributed by atoms with Crippen LogP contribution in [-0.2, 0) is 18.4 Å². The molecule has 0 aliphatic carbocycles. The molecule has 0 bridgehead atoms. The van der Waals surface area contributed by atoms with Crippen LogP contribution in [0.1, 0.15) is 24.2 Å². The molecule has 2 heterocycles. The van der Waals surface area contributed by atoms with Crippen LogP contribution in [0.4, 0.5) is 0 Å². The Bertz CT molecular complexity index is 1080. The predicted octanol–water partition coefficient (Wildman–Crippen LogP) is 1.94. The molecule has 1 N–H and O–H groups in total. The molecule has 0 aliphatic heterocycles. The number of ether oxygens (including phenoxy) is 2. The van der Waals surface area contributed by atoms with Gasteiger partial charge in [0.05, 0.1) is 19.9 Å². The largest absolute Gasteiger partial charge is 0.497 e. The summed E-state index contributed by atoms with van der Waals surface area (Å²) >= 11 is 0. The summed E-state index contributed by atoms with van der Waals surface area (Å²) in [5.74, 6) is 1.05. The summed E-state index contributed by atoms with van der Waals surface area (Å²) in [6, 6.07) is 6.52. The minimum atomic E-state index is -0.677. The lowest BCUT2D eigenvalue weighted by Crippen LogP contribution is -2.35. The number of pyridine rings is 1. The normalized spacial score (nSPS) is 12.0. The SMILES string of the molecule is COc1ccc(OC)c(CNC(=O)C(C)n2ccc3c(C)nn(C)c3c2=O)c1. The van der Waals surface area contributed by atoms with Gasteiger partial charge in [-0.05, 0) is 38.1 Å². The second-order valence-corrected chi connectivity index (χ2v) is 6.57. The Morgan fingerprint density at radius 3 is 2.68 bits per heavy atom. The molecule has 8 heteroatoms. The van der Waals surface area contributed by atoms with Crippen LogP contribution in [0.5, 0.6) is 11.5 Å². The third-order valence-electron chi connectivity index (χ3n) is 4.84. The van der Waals surface area contributed by atoms with Crippen molar-refractivity contribution in [3.8, 4) is 11.5 Å². The first-order valence-electron chi connectivity index (χ1n) is 8.90. The van der Waals surface area contributed by atoms with Gasteiger partial charge in [0.2, 0.25) is 5.91 Å². The van der Waals surface area contributed by atoms with Gasteiger partial charge in [0, 0.05) is 30.7 Å². The first kappa shape index (κ1) is 19.5. The van der Waals surface area contributed by atoms with Crippen molar-refractivity contribution >= 4 is 16.8 Å². The van der Waals surface area contributed by atoms with Crippen molar-refractivity contribution in [2.24, 2.45) is 7.05 Å². The monoisotopic (exact) mass is 384 g/mol. The third kappa shape index (κ3) is 3.45. The Balaban J connectivity index is 1.82. The van der Waals surface area contributed by atoms with E-state index in [1.165, 1.54) is 4.57 Å². The second-order valence-electron chi connectivity index (χ2n) is 6.57. The van der Waals surface area contributed by atoms with Crippen LogP contribution in [0.2, 0.25) is 0 Å². The van der Waals surface area contributed by atoms with E-state index in [2.05, 4.69) is 10.4 Å². The van der Waals surface area contributed by atoms with E-state index in [0.29, 0.717) is 17.0 Å². The van der Waals surface area contributed by atoms with E-state index < -0.39 is 6.04 Å². The lowest BCUT2D eigenvalue weighted by molar-refractivity contribution is -0.124. The Morgan fingerprint density at radius 2 is 2.00 bits per heavy atom. The predicted molar refractivity (Wildman–Crippen MR) is 106 cm³/mol. The van der Waals surface area contributed by atoms with E-state index in [1.54, 1.807) is 57.3 Å². The number of carbonyl (C=O) groups excluding carboxylic acids is 1. The number of fused-ring (bicyclic) bond motifs is 1. The van der Waals surface area contributed by atoms with Crippen molar-refractivity contribution < 1.29 is 14.3 Å². The van der Waals surface area contributed by atoms with Gasteiger partial charge < -0.3 is 19.4 Å². The third-order valence-corrected chi connectivity index (χ3v) is 4.84. The number of benzene rings is 1. The fourth-order valence-electron chi connectivity index (χ4n) is 3.25. The summed E-state index contributed by atoms with van der Waals surface area (Å²) in [7, 11) is 4.87. The van der Waals surface area contributed by atoms with Crippen LogP contribution in [0, 0.1) is 6.92 Å². The summed E-state index contributed by atoms with van der Waals surface area (Å²) in [5.41, 5.74) is 1.80. The van der Waals surface area contributed by atoms with Gasteiger partial charge in [-0.3, -0.25) is 14.3 Å². The molecule has 0 saturated carbocycles. The summed E-state index contributed by atoms with van der Waals surface area (Å²) in [6.45, 7) is 3.80. The zero-order valence-electron chi connectivity index (χ0n) is 16.6. The number of rotatable bonds is 6. The van der Waals surface area contributed by atoms with Gasteiger partial charge in [0.15, 0.2) is 0 Å². The molecule has 3 rings (SSSR count). The van der Waals surface area contributed by atoms with Crippen LogP contribution in [0.15, 0.2) is 35.3 Å². The number of nitrogens with one attached hydrogen (secondary N) is 1. The highest BCUT2D eigenvalue weighted by molar-refractivity contribution is 5.83. The Morgan fingerprint density at radius 1 is 1.25 bits per heavy atom. The molecule has 1 aromatic carbocycles. The van der Waals surface area contributed by atoms with Crippen molar-refractivity contribution in [1.82, 2.24) is 19.7 Å². The van der Waals surface area contributed by atoms with E-state index in [-0.39, 0.29) is 18.0 Å². The summed E-state index contributed by atoms with van der Waals surface area (Å²) in [4.78, 5) is 25.5. The van der Waals surface area contributed by atoms with Crippen LogP contribution in [-0.4, -0.2) is 34.5 Å². The minimum Gasteiger partial charge on any atom is -0.497 e. The minimum absolute atomic E-state index is 0.248.